The standard InChI is InChI=1S/C28H31N7O2/c1-4-34(3)28(36)35(5-2)19-22-17-24(15-16-30-22)37-23-13-11-21(12-14-23)31-26-18-25(32-27(29)33-26)20-9-7-6-8-10-20/h6-18H,4-5,19H2,1-3H3,(H3,29,31,32,33). The van der Waals surface area contributed by atoms with E-state index >= 15 is 0 Å². The van der Waals surface area contributed by atoms with Gasteiger partial charge in [0.1, 0.15) is 17.3 Å². The van der Waals surface area contributed by atoms with Crippen LogP contribution in [0.2, 0.25) is 0 Å². The fourth-order valence-corrected chi connectivity index (χ4v) is 3.67. The van der Waals surface area contributed by atoms with E-state index in [9.17, 15) is 4.79 Å². The zero-order valence-corrected chi connectivity index (χ0v) is 21.3. The van der Waals surface area contributed by atoms with Crippen molar-refractivity contribution in [1.82, 2.24) is 24.8 Å². The van der Waals surface area contributed by atoms with Crippen LogP contribution in [0.5, 0.6) is 11.5 Å². The largest absolute Gasteiger partial charge is 0.457 e. The zero-order chi connectivity index (χ0) is 26.2. The maximum atomic E-state index is 12.5. The molecule has 3 N–H and O–H groups in total. The number of nitrogens with zero attached hydrogens (tertiary/aromatic N) is 5. The minimum absolute atomic E-state index is 0.0254. The molecule has 190 valence electrons. The number of nitrogens with one attached hydrogen (secondary N) is 1. The third-order valence-electron chi connectivity index (χ3n) is 5.77. The Bertz CT molecular complexity index is 1330. The summed E-state index contributed by atoms with van der Waals surface area (Å²) >= 11 is 0. The highest BCUT2D eigenvalue weighted by Gasteiger charge is 2.16. The molecule has 2 heterocycles. The first-order valence-electron chi connectivity index (χ1n) is 12.1. The van der Waals surface area contributed by atoms with Gasteiger partial charge in [0.15, 0.2) is 0 Å². The molecule has 37 heavy (non-hydrogen) atoms. The molecule has 0 atom stereocenters. The van der Waals surface area contributed by atoms with Crippen LogP contribution < -0.4 is 15.8 Å². The van der Waals surface area contributed by atoms with E-state index < -0.39 is 0 Å². The summed E-state index contributed by atoms with van der Waals surface area (Å²) in [6, 6.07) is 22.8. The lowest BCUT2D eigenvalue weighted by Crippen LogP contribution is -2.40. The molecular formula is C28H31N7O2. The van der Waals surface area contributed by atoms with Crippen molar-refractivity contribution < 1.29 is 9.53 Å². The average molecular weight is 498 g/mol. The molecule has 0 bridgehead atoms. The lowest BCUT2D eigenvalue weighted by molar-refractivity contribution is 0.164. The first kappa shape index (κ1) is 25.4. The summed E-state index contributed by atoms with van der Waals surface area (Å²) in [6.07, 6.45) is 1.69. The summed E-state index contributed by atoms with van der Waals surface area (Å²) in [7, 11) is 1.79. The average Bonchev–Trinajstić information content (AvgIpc) is 2.92. The summed E-state index contributed by atoms with van der Waals surface area (Å²) in [5.74, 6) is 2.11. The number of amides is 2. The number of urea groups is 1. The molecule has 4 aromatic rings. The minimum atomic E-state index is -0.0254. The lowest BCUT2D eigenvalue weighted by Gasteiger charge is -2.26. The Hall–Kier alpha value is -4.66. The van der Waals surface area contributed by atoms with Gasteiger partial charge in [-0.1, -0.05) is 30.3 Å². The molecule has 4 rings (SSSR count). The van der Waals surface area contributed by atoms with E-state index in [2.05, 4.69) is 20.3 Å². The molecule has 0 spiro atoms. The smallest absolute Gasteiger partial charge is 0.320 e. The minimum Gasteiger partial charge on any atom is -0.457 e. The third-order valence-corrected chi connectivity index (χ3v) is 5.77. The molecule has 2 aromatic carbocycles. The van der Waals surface area contributed by atoms with Crippen molar-refractivity contribution >= 4 is 23.5 Å². The number of carbonyl (C=O) groups excluding carboxylic acids is 1. The fraction of sp³-hybridized carbons (Fsp3) is 0.214. The predicted molar refractivity (Wildman–Crippen MR) is 146 cm³/mol. The molecule has 2 aromatic heterocycles. The number of rotatable bonds is 9. The first-order valence-corrected chi connectivity index (χ1v) is 12.1. The van der Waals surface area contributed by atoms with Gasteiger partial charge in [-0.3, -0.25) is 4.98 Å². The predicted octanol–water partition coefficient (Wildman–Crippen LogP) is 5.55. The van der Waals surface area contributed by atoms with E-state index in [0.29, 0.717) is 37.0 Å². The van der Waals surface area contributed by atoms with Gasteiger partial charge in [0, 0.05) is 49.7 Å². The Labute approximate surface area is 217 Å². The molecule has 9 nitrogen and oxygen atoms in total. The molecule has 0 aliphatic carbocycles. The van der Waals surface area contributed by atoms with Gasteiger partial charge in [0.25, 0.3) is 0 Å². The molecular weight excluding hydrogens is 466 g/mol. The molecule has 9 heteroatoms. The van der Waals surface area contributed by atoms with E-state index in [0.717, 1.165) is 22.6 Å². The van der Waals surface area contributed by atoms with Crippen LogP contribution in [0.1, 0.15) is 19.5 Å². The number of ether oxygens (including phenoxy) is 1. The maximum absolute atomic E-state index is 12.5. The topological polar surface area (TPSA) is 110 Å². The van der Waals surface area contributed by atoms with Crippen molar-refractivity contribution in [2.45, 2.75) is 20.4 Å². The highest BCUT2D eigenvalue weighted by atomic mass is 16.5. The van der Waals surface area contributed by atoms with Gasteiger partial charge in [-0.15, -0.1) is 0 Å². The Balaban J connectivity index is 1.42. The zero-order valence-electron chi connectivity index (χ0n) is 21.3. The maximum Gasteiger partial charge on any atom is 0.320 e. The lowest BCUT2D eigenvalue weighted by atomic mass is 10.1. The monoisotopic (exact) mass is 497 g/mol. The van der Waals surface area contributed by atoms with Crippen LogP contribution in [-0.4, -0.2) is 50.9 Å². The summed E-state index contributed by atoms with van der Waals surface area (Å²) in [6.45, 7) is 5.55. The molecule has 0 radical (unpaired) electrons. The van der Waals surface area contributed by atoms with Crippen LogP contribution >= 0.6 is 0 Å². The highest BCUT2D eigenvalue weighted by molar-refractivity contribution is 5.74. The second-order valence-corrected chi connectivity index (χ2v) is 8.41. The number of carbonyl (C=O) groups is 1. The summed E-state index contributed by atoms with van der Waals surface area (Å²) < 4.78 is 6.04. The van der Waals surface area contributed by atoms with Gasteiger partial charge in [0.05, 0.1) is 17.9 Å². The summed E-state index contributed by atoms with van der Waals surface area (Å²) in [4.78, 5) is 29.0. The number of hydrogen-bond acceptors (Lipinski definition) is 7. The number of benzene rings is 2. The second-order valence-electron chi connectivity index (χ2n) is 8.41. The third kappa shape index (κ3) is 6.72. The summed E-state index contributed by atoms with van der Waals surface area (Å²) in [5.41, 5.74) is 9.23. The van der Waals surface area contributed by atoms with Crippen LogP contribution in [0.25, 0.3) is 11.3 Å². The van der Waals surface area contributed by atoms with E-state index in [1.54, 1.807) is 29.1 Å². The molecule has 2 amide bonds. The van der Waals surface area contributed by atoms with Gasteiger partial charge in [-0.05, 0) is 44.2 Å². The summed E-state index contributed by atoms with van der Waals surface area (Å²) in [5, 5.41) is 3.27. The van der Waals surface area contributed by atoms with Gasteiger partial charge in [-0.2, -0.15) is 4.98 Å². The van der Waals surface area contributed by atoms with Crippen molar-refractivity contribution in [1.29, 1.82) is 0 Å². The molecule has 0 aliphatic rings. The van der Waals surface area contributed by atoms with Crippen molar-refractivity contribution in [3.8, 4) is 22.8 Å². The van der Waals surface area contributed by atoms with E-state index in [4.69, 9.17) is 10.5 Å². The van der Waals surface area contributed by atoms with Crippen LogP contribution in [0.15, 0.2) is 79.0 Å². The SMILES string of the molecule is CCN(C)C(=O)N(CC)Cc1cc(Oc2ccc(Nc3cc(-c4ccccc4)nc(N)n3)cc2)ccn1. The van der Waals surface area contributed by atoms with Crippen LogP contribution in [-0.2, 0) is 6.54 Å². The number of aromatic nitrogens is 3. The number of nitrogen functional groups attached to an aromatic ring is 1. The van der Waals surface area contributed by atoms with Gasteiger partial charge in [-0.25, -0.2) is 9.78 Å². The number of pyridine rings is 1. The molecule has 0 aliphatic heterocycles. The van der Waals surface area contributed by atoms with E-state index in [-0.39, 0.29) is 12.0 Å². The fourth-order valence-electron chi connectivity index (χ4n) is 3.67. The molecule has 0 fully saturated rings. The Morgan fingerprint density at radius 3 is 2.41 bits per heavy atom. The van der Waals surface area contributed by atoms with E-state index in [1.165, 1.54) is 0 Å². The van der Waals surface area contributed by atoms with Gasteiger partial charge < -0.3 is 25.6 Å². The Kier molecular flexibility index (Phi) is 8.15. The van der Waals surface area contributed by atoms with Crippen molar-refractivity contribution in [3.05, 3.63) is 84.7 Å². The molecule has 0 saturated heterocycles. The normalized spacial score (nSPS) is 10.6. The molecule has 0 saturated carbocycles. The second kappa shape index (κ2) is 11.9. The van der Waals surface area contributed by atoms with Crippen molar-refractivity contribution in [2.75, 3.05) is 31.2 Å². The Morgan fingerprint density at radius 2 is 1.70 bits per heavy atom. The number of nitrogens with two attached hydrogens (primary N) is 1. The van der Waals surface area contributed by atoms with Crippen LogP contribution in [0.3, 0.4) is 0 Å². The van der Waals surface area contributed by atoms with E-state index in [1.807, 2.05) is 80.6 Å². The Morgan fingerprint density at radius 1 is 0.946 bits per heavy atom. The van der Waals surface area contributed by atoms with Crippen molar-refractivity contribution in [2.24, 2.45) is 0 Å². The number of anilines is 3. The van der Waals surface area contributed by atoms with Crippen LogP contribution in [0, 0.1) is 0 Å². The quantitative estimate of drug-likeness (QED) is 0.312. The van der Waals surface area contributed by atoms with Gasteiger partial charge in [0.2, 0.25) is 5.95 Å². The highest BCUT2D eigenvalue weighted by Crippen LogP contribution is 2.26. The van der Waals surface area contributed by atoms with Crippen molar-refractivity contribution in [3.63, 3.8) is 0 Å². The van der Waals surface area contributed by atoms with Crippen LogP contribution in [0.4, 0.5) is 22.2 Å². The number of hydrogen-bond donors (Lipinski definition) is 2. The molecule has 0 unspecified atom stereocenters. The first-order chi connectivity index (χ1) is 17.9. The van der Waals surface area contributed by atoms with Gasteiger partial charge >= 0.3 is 6.03 Å².